The Morgan fingerprint density at radius 2 is 1.79 bits per heavy atom. The molecule has 0 unspecified atom stereocenters. The van der Waals surface area contributed by atoms with Crippen LogP contribution in [-0.4, -0.2) is 44.7 Å². The Morgan fingerprint density at radius 1 is 1.07 bits per heavy atom. The van der Waals surface area contributed by atoms with Crippen LogP contribution in [0.2, 0.25) is 0 Å². The lowest BCUT2D eigenvalue weighted by Gasteiger charge is -2.32. The van der Waals surface area contributed by atoms with Crippen LogP contribution < -0.4 is 15.1 Å². The molecule has 0 aliphatic carbocycles. The Balaban J connectivity index is 1.46. The van der Waals surface area contributed by atoms with E-state index in [1.807, 2.05) is 25.1 Å². The van der Waals surface area contributed by atoms with Gasteiger partial charge in [-0.05, 0) is 44.0 Å². The Labute approximate surface area is 168 Å². The molecule has 148 valence electrons. The van der Waals surface area contributed by atoms with E-state index >= 15 is 0 Å². The zero-order valence-electron chi connectivity index (χ0n) is 17.3. The van der Waals surface area contributed by atoms with E-state index < -0.39 is 0 Å². The minimum absolute atomic E-state index is 0.0258. The Kier molecular flexibility index (Phi) is 7.01. The van der Waals surface area contributed by atoms with Gasteiger partial charge in [0.2, 0.25) is 0 Å². The van der Waals surface area contributed by atoms with Crippen molar-refractivity contribution in [3.63, 3.8) is 0 Å². The third-order valence-corrected chi connectivity index (χ3v) is 5.76. The maximum Gasteiger partial charge on any atom is 0.282 e. The number of carbonyl (C=O) groups excluding carboxylic acids is 1. The highest BCUT2D eigenvalue weighted by molar-refractivity contribution is 5.94. The number of nitrogens with one attached hydrogen (secondary N) is 3. The van der Waals surface area contributed by atoms with Gasteiger partial charge in [0.25, 0.3) is 5.91 Å². The van der Waals surface area contributed by atoms with Crippen LogP contribution >= 0.6 is 0 Å². The Bertz CT molecular complexity index is 808. The van der Waals surface area contributed by atoms with Crippen molar-refractivity contribution in [3.05, 3.63) is 71.3 Å². The van der Waals surface area contributed by atoms with Crippen molar-refractivity contribution in [2.45, 2.75) is 26.8 Å². The lowest BCUT2D eigenvalue weighted by Crippen LogP contribution is -3.29. The number of piperazine rings is 1. The van der Waals surface area contributed by atoms with Gasteiger partial charge in [0.1, 0.15) is 26.2 Å². The van der Waals surface area contributed by atoms with Crippen molar-refractivity contribution >= 4 is 17.7 Å². The number of benzene rings is 2. The molecule has 1 aliphatic rings. The van der Waals surface area contributed by atoms with E-state index in [0.29, 0.717) is 0 Å². The number of anilines is 1. The number of rotatable bonds is 6. The predicted molar refractivity (Wildman–Crippen MR) is 116 cm³/mol. The number of amides is 1. The molecule has 3 N–H and O–H groups in total. The molecular formula is C24H33N3O+2. The maximum absolute atomic E-state index is 12.7. The third kappa shape index (κ3) is 5.54. The summed E-state index contributed by atoms with van der Waals surface area (Å²) in [5.41, 5.74) is 4.52. The summed E-state index contributed by atoms with van der Waals surface area (Å²) in [6, 6.07) is 16.6. The standard InChI is InChI=1S/C24H31N3O/c1-19-11-12-23(20(2)18-19)25-24(28)21(3)27-16-14-26(15-17-27)13-7-10-22-8-5-4-6-9-22/h4-12,18,21H,13-17H2,1-3H3,(H,25,28)/p+2/b10-7+/t21-/m1/s1. The van der Waals surface area contributed by atoms with E-state index in [1.165, 1.54) is 16.0 Å². The molecule has 4 nitrogen and oxygen atoms in total. The van der Waals surface area contributed by atoms with Gasteiger partial charge in [-0.25, -0.2) is 0 Å². The molecule has 1 amide bonds. The SMILES string of the molecule is Cc1ccc(NC(=O)[C@@H](C)[NH+]2CC[NH+](C/C=C/c3ccccc3)CC2)c(C)c1. The molecule has 28 heavy (non-hydrogen) atoms. The highest BCUT2D eigenvalue weighted by atomic mass is 16.2. The molecule has 1 heterocycles. The molecule has 4 heteroatoms. The Morgan fingerprint density at radius 3 is 2.46 bits per heavy atom. The summed E-state index contributed by atoms with van der Waals surface area (Å²) >= 11 is 0. The molecule has 1 aliphatic heterocycles. The molecule has 0 saturated carbocycles. The second kappa shape index (κ2) is 9.67. The van der Waals surface area contributed by atoms with Gasteiger partial charge in [-0.15, -0.1) is 0 Å². The van der Waals surface area contributed by atoms with E-state index in [-0.39, 0.29) is 11.9 Å². The largest absolute Gasteiger partial charge is 0.322 e. The van der Waals surface area contributed by atoms with E-state index in [1.54, 1.807) is 4.90 Å². The van der Waals surface area contributed by atoms with Gasteiger partial charge < -0.3 is 15.1 Å². The van der Waals surface area contributed by atoms with Crippen LogP contribution in [0, 0.1) is 13.8 Å². The minimum atomic E-state index is -0.0258. The average Bonchev–Trinajstić information content (AvgIpc) is 2.71. The van der Waals surface area contributed by atoms with E-state index in [9.17, 15) is 4.79 Å². The minimum Gasteiger partial charge on any atom is -0.322 e. The fourth-order valence-electron chi connectivity index (χ4n) is 3.87. The van der Waals surface area contributed by atoms with Crippen molar-refractivity contribution in [1.29, 1.82) is 0 Å². The fourth-order valence-corrected chi connectivity index (χ4v) is 3.87. The maximum atomic E-state index is 12.7. The summed E-state index contributed by atoms with van der Waals surface area (Å²) in [7, 11) is 0. The zero-order chi connectivity index (χ0) is 19.9. The Hall–Kier alpha value is -2.43. The molecule has 1 fully saturated rings. The number of hydrogen-bond donors (Lipinski definition) is 3. The van der Waals surface area contributed by atoms with Crippen molar-refractivity contribution in [2.75, 3.05) is 38.0 Å². The second-order valence-corrected chi connectivity index (χ2v) is 7.95. The van der Waals surface area contributed by atoms with Crippen LogP contribution in [0.4, 0.5) is 5.69 Å². The quantitative estimate of drug-likeness (QED) is 0.692. The van der Waals surface area contributed by atoms with Crippen LogP contribution in [0.25, 0.3) is 6.08 Å². The first-order chi connectivity index (χ1) is 13.5. The van der Waals surface area contributed by atoms with Crippen molar-refractivity contribution in [2.24, 2.45) is 0 Å². The summed E-state index contributed by atoms with van der Waals surface area (Å²) in [5, 5.41) is 3.12. The number of carbonyl (C=O) groups is 1. The van der Waals surface area contributed by atoms with Gasteiger partial charge in [-0.3, -0.25) is 4.79 Å². The van der Waals surface area contributed by atoms with E-state index in [2.05, 4.69) is 61.6 Å². The highest BCUT2D eigenvalue weighted by Gasteiger charge is 2.30. The van der Waals surface area contributed by atoms with Crippen LogP contribution in [0.3, 0.4) is 0 Å². The summed E-state index contributed by atoms with van der Waals surface area (Å²) in [6.07, 6.45) is 4.47. The number of aryl methyl sites for hydroxylation is 2. The molecule has 2 aromatic rings. The van der Waals surface area contributed by atoms with Gasteiger partial charge in [0.15, 0.2) is 6.04 Å². The summed E-state index contributed by atoms with van der Waals surface area (Å²) < 4.78 is 0. The summed E-state index contributed by atoms with van der Waals surface area (Å²) in [6.45, 7) is 11.5. The number of quaternary nitrogens is 2. The first-order valence-corrected chi connectivity index (χ1v) is 10.3. The molecule has 0 aromatic heterocycles. The van der Waals surface area contributed by atoms with Gasteiger partial charge in [0, 0.05) is 5.69 Å². The lowest BCUT2D eigenvalue weighted by atomic mass is 10.1. The first-order valence-electron chi connectivity index (χ1n) is 10.3. The molecule has 0 spiro atoms. The molecule has 1 atom stereocenters. The van der Waals surface area contributed by atoms with Crippen LogP contribution in [0.1, 0.15) is 23.6 Å². The molecule has 2 aromatic carbocycles. The molecule has 1 saturated heterocycles. The zero-order valence-corrected chi connectivity index (χ0v) is 17.3. The smallest absolute Gasteiger partial charge is 0.282 e. The molecular weight excluding hydrogens is 346 g/mol. The first kappa shape index (κ1) is 20.3. The normalized spacial score (nSPS) is 20.8. The van der Waals surface area contributed by atoms with Gasteiger partial charge in [-0.1, -0.05) is 54.1 Å². The van der Waals surface area contributed by atoms with E-state index in [0.717, 1.165) is 44.0 Å². The topological polar surface area (TPSA) is 38.0 Å². The third-order valence-electron chi connectivity index (χ3n) is 5.76. The summed E-state index contributed by atoms with van der Waals surface area (Å²) in [5.74, 6) is 0.120. The van der Waals surface area contributed by atoms with Gasteiger partial charge >= 0.3 is 0 Å². The fraction of sp³-hybridized carbons (Fsp3) is 0.375. The van der Waals surface area contributed by atoms with Crippen LogP contribution in [-0.2, 0) is 4.79 Å². The van der Waals surface area contributed by atoms with Crippen molar-refractivity contribution in [1.82, 2.24) is 0 Å². The second-order valence-electron chi connectivity index (χ2n) is 7.95. The van der Waals surface area contributed by atoms with Gasteiger partial charge in [0.05, 0.1) is 6.54 Å². The van der Waals surface area contributed by atoms with Crippen LogP contribution in [0.5, 0.6) is 0 Å². The lowest BCUT2D eigenvalue weighted by molar-refractivity contribution is -1.02. The van der Waals surface area contributed by atoms with Crippen molar-refractivity contribution < 1.29 is 14.6 Å². The molecule has 3 rings (SSSR count). The average molecular weight is 380 g/mol. The molecule has 0 bridgehead atoms. The highest BCUT2D eigenvalue weighted by Crippen LogP contribution is 2.15. The van der Waals surface area contributed by atoms with Crippen molar-refractivity contribution in [3.8, 4) is 0 Å². The summed E-state index contributed by atoms with van der Waals surface area (Å²) in [4.78, 5) is 15.7. The predicted octanol–water partition coefficient (Wildman–Crippen LogP) is 1.13. The van der Waals surface area contributed by atoms with Crippen LogP contribution in [0.15, 0.2) is 54.6 Å². The van der Waals surface area contributed by atoms with E-state index in [4.69, 9.17) is 0 Å². The van der Waals surface area contributed by atoms with Gasteiger partial charge in [-0.2, -0.15) is 0 Å². The molecule has 0 radical (unpaired) electrons. The monoisotopic (exact) mass is 379 g/mol. The number of hydrogen-bond acceptors (Lipinski definition) is 1.